The summed E-state index contributed by atoms with van der Waals surface area (Å²) < 4.78 is 14.8. The van der Waals surface area contributed by atoms with Gasteiger partial charge in [0.25, 0.3) is 5.91 Å². The van der Waals surface area contributed by atoms with Crippen molar-refractivity contribution < 1.29 is 19.1 Å². The van der Waals surface area contributed by atoms with Crippen LogP contribution in [0.25, 0.3) is 11.3 Å². The van der Waals surface area contributed by atoms with Gasteiger partial charge in [-0.25, -0.2) is 14.2 Å². The van der Waals surface area contributed by atoms with E-state index >= 15 is 0 Å². The third kappa shape index (κ3) is 6.59. The lowest BCUT2D eigenvalue weighted by molar-refractivity contribution is -0.139. The summed E-state index contributed by atoms with van der Waals surface area (Å²) in [5, 5.41) is 14.6. The van der Waals surface area contributed by atoms with E-state index < -0.39 is 17.9 Å². The van der Waals surface area contributed by atoms with Crippen LogP contribution in [0.5, 0.6) is 0 Å². The van der Waals surface area contributed by atoms with E-state index in [1.54, 1.807) is 42.5 Å². The molecule has 0 radical (unpaired) electrons. The highest BCUT2D eigenvalue weighted by atomic mass is 32.1. The molecule has 6 nitrogen and oxygen atoms in total. The van der Waals surface area contributed by atoms with Crippen LogP contribution in [0.2, 0.25) is 0 Å². The Morgan fingerprint density at radius 1 is 1.00 bits per heavy atom. The molecule has 0 aliphatic carbocycles. The second kappa shape index (κ2) is 11.8. The van der Waals surface area contributed by atoms with Crippen LogP contribution in [-0.2, 0) is 11.3 Å². The number of carbonyl (C=O) groups excluding carboxylic acids is 1. The maximum Gasteiger partial charge on any atom is 0.326 e. The van der Waals surface area contributed by atoms with E-state index in [-0.39, 0.29) is 11.7 Å². The maximum absolute atomic E-state index is 14.8. The first kappa shape index (κ1) is 26.0. The summed E-state index contributed by atoms with van der Waals surface area (Å²) in [7, 11) is 0. The number of nitrogens with one attached hydrogen (secondary N) is 1. The van der Waals surface area contributed by atoms with Crippen molar-refractivity contribution in [3.8, 4) is 11.3 Å². The van der Waals surface area contributed by atoms with E-state index in [1.807, 2.05) is 54.5 Å². The molecule has 0 aliphatic rings. The van der Waals surface area contributed by atoms with E-state index in [0.29, 0.717) is 29.3 Å². The molecular weight excluding hydrogens is 489 g/mol. The first-order valence-corrected chi connectivity index (χ1v) is 12.9. The topological polar surface area (TPSA) is 82.5 Å². The fourth-order valence-electron chi connectivity index (χ4n) is 3.93. The smallest absolute Gasteiger partial charge is 0.326 e. The Kier molecular flexibility index (Phi) is 8.30. The lowest BCUT2D eigenvalue weighted by Gasteiger charge is -2.23. The molecule has 1 atom stereocenters. The minimum absolute atomic E-state index is 0.126. The van der Waals surface area contributed by atoms with Crippen LogP contribution in [0.15, 0.2) is 84.2 Å². The number of carbonyl (C=O) groups is 2. The highest BCUT2D eigenvalue weighted by molar-refractivity contribution is 7.14. The van der Waals surface area contributed by atoms with E-state index in [0.717, 1.165) is 16.8 Å². The Morgan fingerprint density at radius 2 is 1.68 bits per heavy atom. The SMILES string of the molecule is CC(C)CC(NC(=O)c1ccc(CN(c2nc(-c3ccccc3)cs2)c2ccccc2F)cc1)C(=O)O. The van der Waals surface area contributed by atoms with Gasteiger partial charge in [0.05, 0.1) is 17.9 Å². The number of para-hydroxylation sites is 1. The van der Waals surface area contributed by atoms with E-state index in [4.69, 9.17) is 4.98 Å². The summed E-state index contributed by atoms with van der Waals surface area (Å²) in [5.74, 6) is -1.74. The normalized spacial score (nSPS) is 11.8. The van der Waals surface area contributed by atoms with Crippen LogP contribution in [0.1, 0.15) is 36.2 Å². The Bertz CT molecular complexity index is 1360. The van der Waals surface area contributed by atoms with Gasteiger partial charge in [0.2, 0.25) is 0 Å². The molecule has 1 aromatic heterocycles. The number of aromatic nitrogens is 1. The lowest BCUT2D eigenvalue weighted by atomic mass is 10.0. The zero-order valence-corrected chi connectivity index (χ0v) is 21.4. The second-order valence-electron chi connectivity index (χ2n) is 9.11. The molecule has 0 bridgehead atoms. The molecule has 37 heavy (non-hydrogen) atoms. The standard InChI is InChI=1S/C29H28FN3O3S/c1-19(2)16-24(28(35)36)31-27(34)22-14-12-20(13-15-22)17-33(26-11-7-6-10-23(26)30)29-32-25(18-37-29)21-8-4-3-5-9-21/h3-15,18-19,24H,16-17H2,1-2H3,(H,31,34)(H,35,36). The summed E-state index contributed by atoms with van der Waals surface area (Å²) in [6, 6.07) is 22.3. The van der Waals surface area contributed by atoms with Gasteiger partial charge in [0.1, 0.15) is 11.9 Å². The predicted octanol–water partition coefficient (Wildman–Crippen LogP) is 6.52. The van der Waals surface area contributed by atoms with Gasteiger partial charge >= 0.3 is 5.97 Å². The summed E-state index contributed by atoms with van der Waals surface area (Å²) in [6.07, 6.45) is 0.343. The fraction of sp³-hybridized carbons (Fsp3) is 0.207. The first-order chi connectivity index (χ1) is 17.8. The van der Waals surface area contributed by atoms with Crippen molar-refractivity contribution in [3.05, 3.63) is 101 Å². The highest BCUT2D eigenvalue weighted by Gasteiger charge is 2.22. The average molecular weight is 518 g/mol. The molecule has 0 saturated heterocycles. The Hall–Kier alpha value is -4.04. The number of anilines is 2. The average Bonchev–Trinajstić information content (AvgIpc) is 3.38. The number of thiazole rings is 1. The molecule has 4 aromatic rings. The van der Waals surface area contributed by atoms with Crippen molar-refractivity contribution in [2.24, 2.45) is 5.92 Å². The van der Waals surface area contributed by atoms with Gasteiger partial charge in [-0.2, -0.15) is 0 Å². The van der Waals surface area contributed by atoms with Gasteiger partial charge in [-0.3, -0.25) is 4.79 Å². The molecule has 0 aliphatic heterocycles. The van der Waals surface area contributed by atoms with Gasteiger partial charge in [-0.15, -0.1) is 11.3 Å². The van der Waals surface area contributed by atoms with Gasteiger partial charge in [0, 0.05) is 16.5 Å². The molecule has 0 spiro atoms. The highest BCUT2D eigenvalue weighted by Crippen LogP contribution is 2.34. The van der Waals surface area contributed by atoms with Crippen molar-refractivity contribution in [2.75, 3.05) is 4.90 Å². The van der Waals surface area contributed by atoms with Crippen LogP contribution in [0, 0.1) is 11.7 Å². The van der Waals surface area contributed by atoms with E-state index in [1.165, 1.54) is 17.4 Å². The molecule has 0 fully saturated rings. The molecule has 8 heteroatoms. The third-order valence-electron chi connectivity index (χ3n) is 5.80. The van der Waals surface area contributed by atoms with Gasteiger partial charge < -0.3 is 15.3 Å². The number of amides is 1. The Morgan fingerprint density at radius 3 is 2.32 bits per heavy atom. The summed E-state index contributed by atoms with van der Waals surface area (Å²) in [6.45, 7) is 4.14. The van der Waals surface area contributed by atoms with Crippen LogP contribution in [-0.4, -0.2) is 28.0 Å². The van der Waals surface area contributed by atoms with Crippen molar-refractivity contribution in [2.45, 2.75) is 32.9 Å². The Balaban J connectivity index is 1.56. The minimum Gasteiger partial charge on any atom is -0.480 e. The van der Waals surface area contributed by atoms with Crippen LogP contribution >= 0.6 is 11.3 Å². The quantitative estimate of drug-likeness (QED) is 0.250. The van der Waals surface area contributed by atoms with Crippen molar-refractivity contribution in [3.63, 3.8) is 0 Å². The lowest BCUT2D eigenvalue weighted by Crippen LogP contribution is -2.41. The van der Waals surface area contributed by atoms with Crippen LogP contribution in [0.3, 0.4) is 0 Å². The number of rotatable bonds is 10. The fourth-order valence-corrected chi connectivity index (χ4v) is 4.78. The monoisotopic (exact) mass is 517 g/mol. The Labute approximate surface area is 219 Å². The molecule has 3 aromatic carbocycles. The molecule has 1 heterocycles. The number of aliphatic carboxylic acids is 1. The zero-order valence-electron chi connectivity index (χ0n) is 20.6. The zero-order chi connectivity index (χ0) is 26.4. The largest absolute Gasteiger partial charge is 0.480 e. The molecule has 1 amide bonds. The second-order valence-corrected chi connectivity index (χ2v) is 9.95. The predicted molar refractivity (Wildman–Crippen MR) is 145 cm³/mol. The molecule has 1 unspecified atom stereocenters. The van der Waals surface area contributed by atoms with E-state index in [9.17, 15) is 19.1 Å². The van der Waals surface area contributed by atoms with Gasteiger partial charge in [-0.1, -0.05) is 68.4 Å². The van der Waals surface area contributed by atoms with Gasteiger partial charge in [0.15, 0.2) is 5.13 Å². The molecule has 4 rings (SSSR count). The van der Waals surface area contributed by atoms with Crippen molar-refractivity contribution in [1.29, 1.82) is 0 Å². The maximum atomic E-state index is 14.8. The number of carboxylic acid groups (broad SMARTS) is 1. The summed E-state index contributed by atoms with van der Waals surface area (Å²) in [4.78, 5) is 30.7. The van der Waals surface area contributed by atoms with Crippen molar-refractivity contribution in [1.82, 2.24) is 10.3 Å². The molecule has 190 valence electrons. The summed E-state index contributed by atoms with van der Waals surface area (Å²) in [5.41, 5.74) is 3.38. The molecule has 0 saturated carbocycles. The first-order valence-electron chi connectivity index (χ1n) is 12.0. The van der Waals surface area contributed by atoms with Crippen molar-refractivity contribution >= 4 is 34.0 Å². The van der Waals surface area contributed by atoms with E-state index in [2.05, 4.69) is 5.32 Å². The third-order valence-corrected chi connectivity index (χ3v) is 6.67. The van der Waals surface area contributed by atoms with Gasteiger partial charge in [-0.05, 0) is 42.2 Å². The number of nitrogens with zero attached hydrogens (tertiary/aromatic N) is 2. The summed E-state index contributed by atoms with van der Waals surface area (Å²) >= 11 is 1.43. The number of hydrogen-bond donors (Lipinski definition) is 2. The number of benzene rings is 3. The number of carboxylic acids is 1. The van der Waals surface area contributed by atoms with Crippen LogP contribution < -0.4 is 10.2 Å². The minimum atomic E-state index is -1.06. The number of hydrogen-bond acceptors (Lipinski definition) is 5. The molecule has 2 N–H and O–H groups in total. The van der Waals surface area contributed by atoms with Crippen LogP contribution in [0.4, 0.5) is 15.2 Å². The molecular formula is C29H28FN3O3S. The number of halogens is 1.